The number of nitrogens with zero attached hydrogens (tertiary/aromatic N) is 3. The molecule has 1 atom stereocenters. The molecule has 0 radical (unpaired) electrons. The first kappa shape index (κ1) is 15.3. The van der Waals surface area contributed by atoms with Gasteiger partial charge >= 0.3 is 0 Å². The fourth-order valence-electron chi connectivity index (χ4n) is 3.18. The van der Waals surface area contributed by atoms with Gasteiger partial charge in [0.05, 0.1) is 0 Å². The van der Waals surface area contributed by atoms with Crippen molar-refractivity contribution in [2.75, 3.05) is 59.9 Å². The van der Waals surface area contributed by atoms with Gasteiger partial charge in [-0.2, -0.15) is 0 Å². The first-order valence-corrected chi connectivity index (χ1v) is 8.92. The number of benzene rings is 1. The Morgan fingerprint density at radius 1 is 1.10 bits per heavy atom. The first-order valence-electron chi connectivity index (χ1n) is 8.05. The number of piperazine rings is 1. The Labute approximate surface area is 133 Å². The number of thioether (sulfide) groups is 1. The van der Waals surface area contributed by atoms with Crippen molar-refractivity contribution in [3.8, 4) is 0 Å². The number of hydrogen-bond donors (Lipinski definition) is 0. The molecule has 1 unspecified atom stereocenters. The van der Waals surface area contributed by atoms with Crippen LogP contribution < -0.4 is 0 Å². The van der Waals surface area contributed by atoms with Crippen molar-refractivity contribution in [1.82, 2.24) is 14.7 Å². The van der Waals surface area contributed by atoms with Gasteiger partial charge < -0.3 is 4.90 Å². The maximum absolute atomic E-state index is 2.66. The highest BCUT2D eigenvalue weighted by atomic mass is 32.2. The average molecular weight is 305 g/mol. The normalized spacial score (nSPS) is 23.7. The van der Waals surface area contributed by atoms with Crippen LogP contribution >= 0.6 is 11.8 Å². The van der Waals surface area contributed by atoms with Crippen LogP contribution in [0.25, 0.3) is 0 Å². The predicted octanol–water partition coefficient (Wildman–Crippen LogP) is 1.88. The quantitative estimate of drug-likeness (QED) is 0.821. The largest absolute Gasteiger partial charge is 0.308 e. The molecule has 0 aliphatic carbocycles. The molecule has 0 saturated carbocycles. The second-order valence-corrected chi connectivity index (χ2v) is 7.84. The van der Waals surface area contributed by atoms with Crippen LogP contribution in [0, 0.1) is 0 Å². The van der Waals surface area contributed by atoms with Crippen molar-refractivity contribution in [2.45, 2.75) is 16.6 Å². The molecular weight excluding hydrogens is 278 g/mol. The minimum Gasteiger partial charge on any atom is -0.308 e. The van der Waals surface area contributed by atoms with Gasteiger partial charge in [-0.25, -0.2) is 0 Å². The van der Waals surface area contributed by atoms with Crippen molar-refractivity contribution >= 4 is 11.8 Å². The molecule has 1 fully saturated rings. The Bertz CT molecular complexity index is 430. The maximum atomic E-state index is 2.66. The predicted molar refractivity (Wildman–Crippen MR) is 91.2 cm³/mol. The molecule has 0 bridgehead atoms. The summed E-state index contributed by atoms with van der Waals surface area (Å²) in [5.74, 6) is 0. The molecule has 2 aliphatic rings. The highest BCUT2D eigenvalue weighted by Crippen LogP contribution is 2.37. The summed E-state index contributed by atoms with van der Waals surface area (Å²) in [6.45, 7) is 8.58. The lowest BCUT2D eigenvalue weighted by molar-refractivity contribution is 0.126. The van der Waals surface area contributed by atoms with Crippen LogP contribution in [0.1, 0.15) is 5.56 Å². The van der Waals surface area contributed by atoms with E-state index in [4.69, 9.17) is 0 Å². The minimum absolute atomic E-state index is 0.760. The molecule has 2 aliphatic heterocycles. The van der Waals surface area contributed by atoms with Crippen LogP contribution in [0.15, 0.2) is 29.2 Å². The number of fused-ring (bicyclic) bond motifs is 1. The summed E-state index contributed by atoms with van der Waals surface area (Å²) in [7, 11) is 4.32. The monoisotopic (exact) mass is 305 g/mol. The van der Waals surface area contributed by atoms with Gasteiger partial charge in [0.15, 0.2) is 0 Å². The molecule has 1 saturated heterocycles. The van der Waals surface area contributed by atoms with Crippen molar-refractivity contribution in [1.29, 1.82) is 0 Å². The van der Waals surface area contributed by atoms with Gasteiger partial charge in [0.2, 0.25) is 0 Å². The van der Waals surface area contributed by atoms with Gasteiger partial charge in [0, 0.05) is 56.0 Å². The fraction of sp³-hybridized carbons (Fsp3) is 0.647. The van der Waals surface area contributed by atoms with Gasteiger partial charge in [0.1, 0.15) is 0 Å². The molecule has 3 rings (SSSR count). The third-order valence-corrected chi connectivity index (χ3v) is 5.81. The number of hydrogen-bond acceptors (Lipinski definition) is 4. The van der Waals surface area contributed by atoms with Crippen LogP contribution in [0.2, 0.25) is 0 Å². The van der Waals surface area contributed by atoms with E-state index in [1.165, 1.54) is 57.1 Å². The Kier molecular flexibility index (Phi) is 5.22. The average Bonchev–Trinajstić information content (AvgIpc) is 2.88. The van der Waals surface area contributed by atoms with E-state index in [0.717, 1.165) is 5.25 Å². The highest BCUT2D eigenvalue weighted by molar-refractivity contribution is 8.00. The zero-order valence-electron chi connectivity index (χ0n) is 13.3. The molecule has 3 nitrogen and oxygen atoms in total. The lowest BCUT2D eigenvalue weighted by atomic mass is 10.1. The van der Waals surface area contributed by atoms with Crippen LogP contribution in [0.4, 0.5) is 0 Å². The lowest BCUT2D eigenvalue weighted by Gasteiger charge is -2.36. The molecule has 4 heteroatoms. The zero-order valence-corrected chi connectivity index (χ0v) is 14.1. The van der Waals surface area contributed by atoms with Gasteiger partial charge in [-0.1, -0.05) is 18.2 Å². The second-order valence-electron chi connectivity index (χ2n) is 6.50. The van der Waals surface area contributed by atoms with E-state index < -0.39 is 0 Å². The molecule has 1 aromatic carbocycles. The molecule has 116 valence electrons. The third kappa shape index (κ3) is 4.22. The van der Waals surface area contributed by atoms with Gasteiger partial charge in [-0.05, 0) is 32.1 Å². The standard InChI is InChI=1S/C17H27N3S/c1-18(2)7-8-19-9-11-20(12-10-19)14-16-13-15-5-3-4-6-17(15)21-16/h3-6,16H,7-14H2,1-2H3. The summed E-state index contributed by atoms with van der Waals surface area (Å²) in [6, 6.07) is 8.91. The van der Waals surface area contributed by atoms with Crippen molar-refractivity contribution in [3.05, 3.63) is 29.8 Å². The van der Waals surface area contributed by atoms with Gasteiger partial charge in [-0.3, -0.25) is 9.80 Å². The molecule has 0 amide bonds. The summed E-state index contributed by atoms with van der Waals surface area (Å²) in [6.07, 6.45) is 1.25. The number of likely N-dealkylation sites (N-methyl/N-ethyl adjacent to an activating group) is 1. The second kappa shape index (κ2) is 7.14. The molecular formula is C17H27N3S. The maximum Gasteiger partial charge on any atom is 0.0263 e. The topological polar surface area (TPSA) is 9.72 Å². The summed E-state index contributed by atoms with van der Waals surface area (Å²) in [5, 5.41) is 0.760. The van der Waals surface area contributed by atoms with E-state index in [9.17, 15) is 0 Å². The smallest absolute Gasteiger partial charge is 0.0263 e. The summed E-state index contributed by atoms with van der Waals surface area (Å²) in [5.41, 5.74) is 1.55. The molecule has 21 heavy (non-hydrogen) atoms. The molecule has 2 heterocycles. The zero-order chi connectivity index (χ0) is 14.7. The third-order valence-electron chi connectivity index (χ3n) is 4.50. The number of rotatable bonds is 5. The van der Waals surface area contributed by atoms with Gasteiger partial charge in [0.25, 0.3) is 0 Å². The summed E-state index contributed by atoms with van der Waals surface area (Å²) < 4.78 is 0. The van der Waals surface area contributed by atoms with Crippen LogP contribution in [0.3, 0.4) is 0 Å². The summed E-state index contributed by atoms with van der Waals surface area (Å²) >= 11 is 2.08. The lowest BCUT2D eigenvalue weighted by Crippen LogP contribution is -2.49. The summed E-state index contributed by atoms with van der Waals surface area (Å²) in [4.78, 5) is 9.05. The van der Waals surface area contributed by atoms with Crippen molar-refractivity contribution in [2.24, 2.45) is 0 Å². The highest BCUT2D eigenvalue weighted by Gasteiger charge is 2.25. The van der Waals surface area contributed by atoms with Gasteiger partial charge in [-0.15, -0.1) is 11.8 Å². The Hall–Kier alpha value is -0.550. The van der Waals surface area contributed by atoms with E-state index in [1.807, 2.05) is 0 Å². The van der Waals surface area contributed by atoms with E-state index in [0.29, 0.717) is 0 Å². The molecule has 0 N–H and O–H groups in total. The Balaban J connectivity index is 1.41. The Morgan fingerprint density at radius 2 is 1.81 bits per heavy atom. The van der Waals surface area contributed by atoms with E-state index in [2.05, 4.69) is 64.8 Å². The van der Waals surface area contributed by atoms with Crippen molar-refractivity contribution < 1.29 is 0 Å². The van der Waals surface area contributed by atoms with Crippen LogP contribution in [-0.4, -0.2) is 79.9 Å². The SMILES string of the molecule is CN(C)CCN1CCN(CC2Cc3ccccc3S2)CC1. The molecule has 1 aromatic rings. The molecule has 0 spiro atoms. The minimum atomic E-state index is 0.760. The van der Waals surface area contributed by atoms with Crippen LogP contribution in [-0.2, 0) is 6.42 Å². The van der Waals surface area contributed by atoms with Crippen molar-refractivity contribution in [3.63, 3.8) is 0 Å². The first-order chi connectivity index (χ1) is 10.2. The molecule has 0 aromatic heterocycles. The Morgan fingerprint density at radius 3 is 2.52 bits per heavy atom. The van der Waals surface area contributed by atoms with E-state index >= 15 is 0 Å². The fourth-order valence-corrected chi connectivity index (χ4v) is 4.55. The van der Waals surface area contributed by atoms with E-state index in [1.54, 1.807) is 5.56 Å². The van der Waals surface area contributed by atoms with E-state index in [-0.39, 0.29) is 0 Å². The van der Waals surface area contributed by atoms with Crippen LogP contribution in [0.5, 0.6) is 0 Å².